The minimum absolute atomic E-state index is 0.105. The molecular weight excluding hydrogens is 334 g/mol. The van der Waals surface area contributed by atoms with Crippen molar-refractivity contribution in [2.75, 3.05) is 0 Å². The van der Waals surface area contributed by atoms with Gasteiger partial charge in [0.05, 0.1) is 11.9 Å². The summed E-state index contributed by atoms with van der Waals surface area (Å²) in [5.41, 5.74) is 2.82. The largest absolute Gasteiger partial charge is 0.352 e. The second-order valence-electron chi connectivity index (χ2n) is 6.66. The van der Waals surface area contributed by atoms with Gasteiger partial charge in [0.25, 0.3) is 0 Å². The summed E-state index contributed by atoms with van der Waals surface area (Å²) in [6.07, 6.45) is 5.66. The van der Waals surface area contributed by atoms with Crippen LogP contribution in [0.1, 0.15) is 40.6 Å². The number of nitrogens with zero attached hydrogens (tertiary/aromatic N) is 5. The Kier molecular flexibility index (Phi) is 3.09. The molecule has 0 radical (unpaired) electrons. The van der Waals surface area contributed by atoms with Crippen molar-refractivity contribution < 1.29 is 0 Å². The third-order valence-corrected chi connectivity index (χ3v) is 6.00. The maximum Gasteiger partial charge on any atom is 0.352 e. The Balaban J connectivity index is 1.81. The maximum atomic E-state index is 13.1. The molecule has 6 nitrogen and oxygen atoms in total. The molecule has 0 bridgehead atoms. The van der Waals surface area contributed by atoms with Crippen molar-refractivity contribution in [3.05, 3.63) is 56.8 Å². The zero-order valence-corrected chi connectivity index (χ0v) is 14.9. The first-order valence-corrected chi connectivity index (χ1v) is 9.23. The average Bonchev–Trinajstić information content (AvgIpc) is 3.35. The van der Waals surface area contributed by atoms with Gasteiger partial charge in [0.15, 0.2) is 5.65 Å². The fraction of sp³-hybridized carbons (Fsp3) is 0.333. The standard InChI is InChI=1S/C18H17N5OS/c1-10-11(2)25-17-14(10)16-21-22(9-12-5-7-19-8-6-12)18(24)23(16)15(20-17)13-3-4-13/h5-8,13H,3-4,9H2,1-2H3. The summed E-state index contributed by atoms with van der Waals surface area (Å²) in [6, 6.07) is 3.82. The third kappa shape index (κ3) is 2.22. The van der Waals surface area contributed by atoms with Gasteiger partial charge in [-0.2, -0.15) is 0 Å². The number of rotatable bonds is 3. The molecule has 0 saturated heterocycles. The zero-order chi connectivity index (χ0) is 17.1. The minimum Gasteiger partial charge on any atom is -0.265 e. The van der Waals surface area contributed by atoms with Crippen molar-refractivity contribution >= 4 is 27.2 Å². The van der Waals surface area contributed by atoms with Crippen molar-refractivity contribution in [1.29, 1.82) is 0 Å². The van der Waals surface area contributed by atoms with Crippen LogP contribution in [0.2, 0.25) is 0 Å². The van der Waals surface area contributed by atoms with Crippen molar-refractivity contribution in [3.8, 4) is 0 Å². The van der Waals surface area contributed by atoms with Gasteiger partial charge in [-0.15, -0.1) is 16.4 Å². The first-order valence-electron chi connectivity index (χ1n) is 8.41. The molecule has 0 spiro atoms. The fourth-order valence-electron chi connectivity index (χ4n) is 3.26. The van der Waals surface area contributed by atoms with Crippen LogP contribution in [-0.4, -0.2) is 24.1 Å². The highest BCUT2D eigenvalue weighted by molar-refractivity contribution is 7.18. The predicted octanol–water partition coefficient (Wildman–Crippen LogP) is 3.04. The Morgan fingerprint density at radius 1 is 1.24 bits per heavy atom. The van der Waals surface area contributed by atoms with E-state index in [1.54, 1.807) is 32.8 Å². The second-order valence-corrected chi connectivity index (χ2v) is 7.87. The van der Waals surface area contributed by atoms with E-state index in [4.69, 9.17) is 10.1 Å². The first-order chi connectivity index (χ1) is 12.1. The highest BCUT2D eigenvalue weighted by atomic mass is 32.1. The molecule has 25 heavy (non-hydrogen) atoms. The lowest BCUT2D eigenvalue weighted by Gasteiger charge is -2.02. The van der Waals surface area contributed by atoms with E-state index in [1.807, 2.05) is 12.1 Å². The molecule has 4 heterocycles. The van der Waals surface area contributed by atoms with Gasteiger partial charge >= 0.3 is 5.69 Å². The van der Waals surface area contributed by atoms with Crippen LogP contribution < -0.4 is 5.69 Å². The molecule has 0 aromatic carbocycles. The van der Waals surface area contributed by atoms with Crippen LogP contribution in [0.4, 0.5) is 0 Å². The van der Waals surface area contributed by atoms with E-state index in [9.17, 15) is 4.79 Å². The average molecular weight is 351 g/mol. The molecule has 4 aromatic heterocycles. The highest BCUT2D eigenvalue weighted by Gasteiger charge is 2.31. The van der Waals surface area contributed by atoms with Crippen LogP contribution >= 0.6 is 11.3 Å². The molecule has 0 amide bonds. The summed E-state index contributed by atoms with van der Waals surface area (Å²) in [5, 5.41) is 5.71. The molecule has 4 aromatic rings. The van der Waals surface area contributed by atoms with Crippen LogP contribution in [0, 0.1) is 13.8 Å². The van der Waals surface area contributed by atoms with E-state index in [-0.39, 0.29) is 5.69 Å². The Bertz CT molecular complexity index is 1170. The quantitative estimate of drug-likeness (QED) is 0.569. The molecule has 0 atom stereocenters. The van der Waals surface area contributed by atoms with E-state index in [2.05, 4.69) is 18.8 Å². The molecule has 0 unspecified atom stereocenters. The van der Waals surface area contributed by atoms with Gasteiger partial charge in [-0.3, -0.25) is 4.98 Å². The summed E-state index contributed by atoms with van der Waals surface area (Å²) in [5.74, 6) is 1.25. The number of thiophene rings is 1. The number of aromatic nitrogens is 5. The summed E-state index contributed by atoms with van der Waals surface area (Å²) >= 11 is 1.69. The van der Waals surface area contributed by atoms with Gasteiger partial charge in [0.1, 0.15) is 10.7 Å². The fourth-order valence-corrected chi connectivity index (χ4v) is 4.29. The molecule has 7 heteroatoms. The Labute approximate surface area is 147 Å². The molecule has 5 rings (SSSR count). The van der Waals surface area contributed by atoms with Crippen molar-refractivity contribution in [2.24, 2.45) is 0 Å². The molecular formula is C18H17N5OS. The molecule has 1 fully saturated rings. The molecule has 1 saturated carbocycles. The van der Waals surface area contributed by atoms with Gasteiger partial charge in [0, 0.05) is 23.2 Å². The highest BCUT2D eigenvalue weighted by Crippen LogP contribution is 2.41. The molecule has 0 aliphatic heterocycles. The van der Waals surface area contributed by atoms with Crippen LogP contribution in [0.15, 0.2) is 29.3 Å². The molecule has 126 valence electrons. The topological polar surface area (TPSA) is 65.1 Å². The van der Waals surface area contributed by atoms with Crippen molar-refractivity contribution in [3.63, 3.8) is 0 Å². The van der Waals surface area contributed by atoms with Gasteiger partial charge in [-0.05, 0) is 49.9 Å². The smallest absolute Gasteiger partial charge is 0.265 e. The molecule has 1 aliphatic carbocycles. The van der Waals surface area contributed by atoms with Crippen molar-refractivity contribution in [1.82, 2.24) is 24.1 Å². The maximum absolute atomic E-state index is 13.1. The normalized spacial score (nSPS) is 14.6. The Hall–Kier alpha value is -2.54. The minimum atomic E-state index is -0.105. The van der Waals surface area contributed by atoms with Gasteiger partial charge < -0.3 is 0 Å². The summed E-state index contributed by atoms with van der Waals surface area (Å²) in [4.78, 5) is 24.2. The van der Waals surface area contributed by atoms with Crippen molar-refractivity contribution in [2.45, 2.75) is 39.2 Å². The number of pyridine rings is 1. The van der Waals surface area contributed by atoms with Crippen LogP contribution in [0.5, 0.6) is 0 Å². The van der Waals surface area contributed by atoms with E-state index < -0.39 is 0 Å². The lowest BCUT2D eigenvalue weighted by Crippen LogP contribution is -2.23. The van der Waals surface area contributed by atoms with E-state index in [1.165, 1.54) is 10.4 Å². The Morgan fingerprint density at radius 3 is 2.72 bits per heavy atom. The van der Waals surface area contributed by atoms with Gasteiger partial charge in [-0.25, -0.2) is 18.9 Å². The zero-order valence-electron chi connectivity index (χ0n) is 14.1. The predicted molar refractivity (Wildman–Crippen MR) is 97.4 cm³/mol. The van der Waals surface area contributed by atoms with E-state index >= 15 is 0 Å². The van der Waals surface area contributed by atoms with Gasteiger partial charge in [0.2, 0.25) is 0 Å². The lowest BCUT2D eigenvalue weighted by atomic mass is 10.2. The molecule has 0 N–H and O–H groups in total. The lowest BCUT2D eigenvalue weighted by molar-refractivity contribution is 0.654. The summed E-state index contributed by atoms with van der Waals surface area (Å²) in [6.45, 7) is 4.62. The number of hydrogen-bond acceptors (Lipinski definition) is 5. The van der Waals surface area contributed by atoms with E-state index in [0.29, 0.717) is 12.5 Å². The second kappa shape index (κ2) is 5.23. The first kappa shape index (κ1) is 14.8. The number of aryl methyl sites for hydroxylation is 2. The van der Waals surface area contributed by atoms with Crippen LogP contribution in [0.25, 0.3) is 15.9 Å². The van der Waals surface area contributed by atoms with Crippen LogP contribution in [0.3, 0.4) is 0 Å². The molecule has 1 aliphatic rings. The summed E-state index contributed by atoms with van der Waals surface area (Å²) in [7, 11) is 0. The van der Waals surface area contributed by atoms with E-state index in [0.717, 1.165) is 40.1 Å². The number of fused-ring (bicyclic) bond motifs is 3. The SMILES string of the molecule is Cc1sc2nc(C3CC3)n3c(=O)n(Cc4ccncc4)nc3c2c1C. The third-order valence-electron chi connectivity index (χ3n) is 4.90. The summed E-state index contributed by atoms with van der Waals surface area (Å²) < 4.78 is 3.28. The van der Waals surface area contributed by atoms with Gasteiger partial charge in [-0.1, -0.05) is 0 Å². The monoisotopic (exact) mass is 351 g/mol. The Morgan fingerprint density at radius 2 is 2.00 bits per heavy atom. The van der Waals surface area contributed by atoms with Crippen LogP contribution in [-0.2, 0) is 6.54 Å². The number of hydrogen-bond donors (Lipinski definition) is 0.